The maximum Gasteiger partial charge on any atom is 0.240 e. The lowest BCUT2D eigenvalue weighted by molar-refractivity contribution is -0.126. The minimum absolute atomic E-state index is 0.0130. The Hall–Kier alpha value is -1.92. The highest BCUT2D eigenvalue weighted by Gasteiger charge is 2.26. The van der Waals surface area contributed by atoms with E-state index < -0.39 is 0 Å². The molecule has 1 heterocycles. The summed E-state index contributed by atoms with van der Waals surface area (Å²) in [5, 5.41) is 5.42. The number of hydrazine groups is 1. The first-order valence-corrected chi connectivity index (χ1v) is 7.63. The quantitative estimate of drug-likeness (QED) is 0.649. The van der Waals surface area contributed by atoms with E-state index >= 15 is 0 Å². The molecule has 2 rings (SSSR count). The number of aryl methyl sites for hydroxylation is 2. The van der Waals surface area contributed by atoms with Crippen LogP contribution in [0.5, 0.6) is 0 Å². The zero-order chi connectivity index (χ0) is 16.1. The second-order valence-electron chi connectivity index (χ2n) is 5.75. The van der Waals surface area contributed by atoms with E-state index in [9.17, 15) is 9.59 Å². The van der Waals surface area contributed by atoms with Crippen molar-refractivity contribution >= 4 is 11.8 Å². The molecule has 2 unspecified atom stereocenters. The van der Waals surface area contributed by atoms with Crippen molar-refractivity contribution in [2.75, 3.05) is 6.54 Å². The molecule has 1 aliphatic heterocycles. The number of amides is 2. The van der Waals surface area contributed by atoms with E-state index in [0.717, 1.165) is 6.42 Å². The molecule has 22 heavy (non-hydrogen) atoms. The fourth-order valence-electron chi connectivity index (χ4n) is 2.63. The van der Waals surface area contributed by atoms with Crippen LogP contribution in [0.1, 0.15) is 42.5 Å². The molecule has 1 aromatic rings. The topological polar surface area (TPSA) is 82.3 Å². The predicted octanol–water partition coefficient (Wildman–Crippen LogP) is 0.811. The Morgan fingerprint density at radius 3 is 2.45 bits per heavy atom. The van der Waals surface area contributed by atoms with Crippen LogP contribution in [-0.2, 0) is 9.59 Å². The summed E-state index contributed by atoms with van der Waals surface area (Å²) in [6, 6.07) is 6.60. The Bertz CT molecular complexity index is 539. The Morgan fingerprint density at radius 1 is 1.14 bits per heavy atom. The highest BCUT2D eigenvalue weighted by molar-refractivity contribution is 5.84. The maximum atomic E-state index is 11.8. The van der Waals surface area contributed by atoms with Gasteiger partial charge >= 0.3 is 0 Å². The summed E-state index contributed by atoms with van der Waals surface area (Å²) in [7, 11) is 0. The van der Waals surface area contributed by atoms with E-state index in [2.05, 4.69) is 53.5 Å². The van der Waals surface area contributed by atoms with Crippen LogP contribution in [0.15, 0.2) is 18.2 Å². The Labute approximate surface area is 131 Å². The van der Waals surface area contributed by atoms with E-state index in [1.54, 1.807) is 6.92 Å². The lowest BCUT2D eigenvalue weighted by atomic mass is 10.00. The minimum Gasteiger partial charge on any atom is -0.347 e. The number of hydrogen-bond donors (Lipinski definition) is 4. The Balaban J connectivity index is 1.84. The average molecular weight is 304 g/mol. The van der Waals surface area contributed by atoms with Crippen LogP contribution in [0, 0.1) is 13.8 Å². The molecule has 2 atom stereocenters. The van der Waals surface area contributed by atoms with Crippen LogP contribution < -0.4 is 21.5 Å². The van der Waals surface area contributed by atoms with Crippen LogP contribution in [-0.4, -0.2) is 24.5 Å². The molecule has 0 spiro atoms. The molecule has 0 radical (unpaired) electrons. The van der Waals surface area contributed by atoms with Gasteiger partial charge in [0.25, 0.3) is 0 Å². The van der Waals surface area contributed by atoms with Crippen molar-refractivity contribution in [2.45, 2.75) is 45.8 Å². The van der Waals surface area contributed by atoms with Gasteiger partial charge in [-0.1, -0.05) is 36.2 Å². The number of carbonyl (C=O) groups excluding carboxylic acids is 2. The van der Waals surface area contributed by atoms with Gasteiger partial charge in [0.2, 0.25) is 11.8 Å². The van der Waals surface area contributed by atoms with Crippen molar-refractivity contribution in [3.63, 3.8) is 0 Å². The summed E-state index contributed by atoms with van der Waals surface area (Å²) in [5.74, 6) is -0.317. The third-order valence-corrected chi connectivity index (χ3v) is 3.65. The van der Waals surface area contributed by atoms with Gasteiger partial charge in [-0.15, -0.1) is 0 Å². The average Bonchev–Trinajstić information content (AvgIpc) is 2.92. The zero-order valence-corrected chi connectivity index (χ0v) is 13.3. The normalized spacial score (nSPS) is 20.7. The third-order valence-electron chi connectivity index (χ3n) is 3.65. The maximum absolute atomic E-state index is 11.8. The molecule has 0 bridgehead atoms. The molecule has 1 saturated heterocycles. The van der Waals surface area contributed by atoms with E-state index in [0.29, 0.717) is 6.42 Å². The first kappa shape index (κ1) is 16.5. The van der Waals surface area contributed by atoms with E-state index in [1.165, 1.54) is 16.7 Å². The van der Waals surface area contributed by atoms with Crippen molar-refractivity contribution in [1.29, 1.82) is 0 Å². The number of hydrogen-bond acceptors (Lipinski definition) is 4. The summed E-state index contributed by atoms with van der Waals surface area (Å²) in [4.78, 5) is 22.9. The van der Waals surface area contributed by atoms with Crippen molar-refractivity contribution in [3.05, 3.63) is 34.9 Å². The van der Waals surface area contributed by atoms with Gasteiger partial charge in [-0.2, -0.15) is 0 Å². The van der Waals surface area contributed by atoms with Crippen LogP contribution in [0.4, 0.5) is 0 Å². The molecule has 1 aliphatic rings. The summed E-state index contributed by atoms with van der Waals surface area (Å²) >= 11 is 0. The van der Waals surface area contributed by atoms with Gasteiger partial charge in [0.05, 0.1) is 12.7 Å². The zero-order valence-electron chi connectivity index (χ0n) is 13.3. The van der Waals surface area contributed by atoms with Crippen LogP contribution >= 0.6 is 0 Å². The lowest BCUT2D eigenvalue weighted by Gasteiger charge is -2.13. The first-order valence-electron chi connectivity index (χ1n) is 7.63. The van der Waals surface area contributed by atoms with Gasteiger partial charge < -0.3 is 10.6 Å². The van der Waals surface area contributed by atoms with Gasteiger partial charge in [0.1, 0.15) is 0 Å². The highest BCUT2D eigenvalue weighted by Crippen LogP contribution is 2.23. The molecule has 0 saturated carbocycles. The summed E-state index contributed by atoms with van der Waals surface area (Å²) < 4.78 is 0. The molecule has 6 heteroatoms. The van der Waals surface area contributed by atoms with Gasteiger partial charge in [-0.05, 0) is 19.4 Å². The largest absolute Gasteiger partial charge is 0.347 e. The van der Waals surface area contributed by atoms with Gasteiger partial charge in [-0.3, -0.25) is 9.59 Å². The number of benzene rings is 1. The third kappa shape index (κ3) is 4.54. The highest BCUT2D eigenvalue weighted by atomic mass is 16.2. The van der Waals surface area contributed by atoms with Gasteiger partial charge in [0.15, 0.2) is 0 Å². The fourth-order valence-corrected chi connectivity index (χ4v) is 2.63. The number of nitrogens with one attached hydrogen (secondary N) is 4. The van der Waals surface area contributed by atoms with Crippen LogP contribution in [0.2, 0.25) is 0 Å². The summed E-state index contributed by atoms with van der Waals surface area (Å²) in [6.45, 7) is 5.92. The summed E-state index contributed by atoms with van der Waals surface area (Å²) in [6.07, 6.45) is 0.999. The fraction of sp³-hybridized carbons (Fsp3) is 0.500. The lowest BCUT2D eigenvalue weighted by Crippen LogP contribution is -2.47. The monoisotopic (exact) mass is 304 g/mol. The van der Waals surface area contributed by atoms with Crippen LogP contribution in [0.3, 0.4) is 0 Å². The van der Waals surface area contributed by atoms with E-state index in [4.69, 9.17) is 0 Å². The van der Waals surface area contributed by atoms with Crippen molar-refractivity contribution < 1.29 is 9.59 Å². The van der Waals surface area contributed by atoms with Gasteiger partial charge in [0, 0.05) is 18.9 Å². The summed E-state index contributed by atoms with van der Waals surface area (Å²) in [5.41, 5.74) is 9.95. The van der Waals surface area contributed by atoms with E-state index in [1.807, 2.05) is 0 Å². The van der Waals surface area contributed by atoms with Crippen molar-refractivity contribution in [2.24, 2.45) is 0 Å². The molecule has 2 amide bonds. The Morgan fingerprint density at radius 2 is 1.82 bits per heavy atom. The second kappa shape index (κ2) is 7.38. The molecule has 1 aromatic carbocycles. The molecule has 0 aliphatic carbocycles. The smallest absolute Gasteiger partial charge is 0.240 e. The number of carbonyl (C=O) groups is 2. The number of rotatable bonds is 5. The molecular formula is C16H24N4O2. The molecule has 4 N–H and O–H groups in total. The second-order valence-corrected chi connectivity index (χ2v) is 5.75. The molecule has 6 nitrogen and oxygen atoms in total. The molecule has 0 aromatic heterocycles. The molecule has 120 valence electrons. The van der Waals surface area contributed by atoms with Gasteiger partial charge in [-0.25, -0.2) is 10.9 Å². The van der Waals surface area contributed by atoms with Crippen molar-refractivity contribution in [1.82, 2.24) is 21.5 Å². The first-order chi connectivity index (χ1) is 10.5. The Kier molecular flexibility index (Phi) is 5.51. The van der Waals surface area contributed by atoms with Crippen molar-refractivity contribution in [3.8, 4) is 0 Å². The van der Waals surface area contributed by atoms with E-state index in [-0.39, 0.29) is 30.6 Å². The molecule has 1 fully saturated rings. The standard InChI is InChI=1S/C16H24N4O2/c1-4-15(21)17-9-16(22)18-14-8-13(19-20-14)12-6-10(2)5-11(3)7-12/h5-7,13-14,19-20H,4,8-9H2,1-3H3,(H,17,21)(H,18,22). The SMILES string of the molecule is CCC(=O)NCC(=O)NC1CC(c2cc(C)cc(C)c2)NN1. The van der Waals surface area contributed by atoms with Crippen LogP contribution in [0.25, 0.3) is 0 Å². The minimum atomic E-state index is -0.192. The molecular weight excluding hydrogens is 280 g/mol. The predicted molar refractivity (Wildman–Crippen MR) is 84.8 cm³/mol.